The topological polar surface area (TPSA) is 46.2 Å². The summed E-state index contributed by atoms with van der Waals surface area (Å²) in [4.78, 5) is 0.289. The molecule has 6 heteroatoms. The van der Waals surface area contributed by atoms with E-state index in [2.05, 4.69) is 36.6 Å². The lowest BCUT2D eigenvalue weighted by molar-refractivity contribution is 0.573. The van der Waals surface area contributed by atoms with Crippen molar-refractivity contribution < 1.29 is 8.42 Å². The highest BCUT2D eigenvalue weighted by Gasteiger charge is 2.17. The summed E-state index contributed by atoms with van der Waals surface area (Å²) in [5.41, 5.74) is 0. The second kappa shape index (κ2) is 5.98. The van der Waals surface area contributed by atoms with Gasteiger partial charge in [-0.25, -0.2) is 13.1 Å². The van der Waals surface area contributed by atoms with Crippen LogP contribution >= 0.6 is 31.9 Å². The standard InChI is InChI=1S/C9H11Br2NO2S/c10-6-8(7-11)12-15(13,14)9-4-2-1-3-5-9/h1-5,8,12H,6-7H2. The zero-order valence-corrected chi connectivity index (χ0v) is 11.8. The molecule has 0 aliphatic heterocycles. The maximum Gasteiger partial charge on any atom is 0.240 e. The Morgan fingerprint density at radius 3 is 2.13 bits per heavy atom. The first-order valence-corrected chi connectivity index (χ1v) is 8.02. The molecule has 0 bridgehead atoms. The smallest absolute Gasteiger partial charge is 0.207 e. The van der Waals surface area contributed by atoms with Gasteiger partial charge in [-0.15, -0.1) is 0 Å². The van der Waals surface area contributed by atoms with E-state index in [0.29, 0.717) is 10.7 Å². The molecule has 0 aliphatic rings. The van der Waals surface area contributed by atoms with Crippen molar-refractivity contribution >= 4 is 41.9 Å². The third kappa shape index (κ3) is 3.86. The van der Waals surface area contributed by atoms with Crippen LogP contribution in [0.2, 0.25) is 0 Å². The Hall–Kier alpha value is 0.0900. The monoisotopic (exact) mass is 355 g/mol. The van der Waals surface area contributed by atoms with Gasteiger partial charge in [-0.1, -0.05) is 50.1 Å². The van der Waals surface area contributed by atoms with Crippen molar-refractivity contribution in [1.29, 1.82) is 0 Å². The van der Waals surface area contributed by atoms with Gasteiger partial charge in [0.2, 0.25) is 10.0 Å². The average molecular weight is 357 g/mol. The molecule has 0 aliphatic carbocycles. The number of halogens is 2. The first kappa shape index (κ1) is 13.2. The van der Waals surface area contributed by atoms with Gasteiger partial charge in [-0.3, -0.25) is 0 Å². The van der Waals surface area contributed by atoms with E-state index >= 15 is 0 Å². The molecule has 0 amide bonds. The number of alkyl halides is 2. The van der Waals surface area contributed by atoms with Crippen molar-refractivity contribution in [2.24, 2.45) is 0 Å². The zero-order valence-electron chi connectivity index (χ0n) is 7.86. The third-order valence-corrected chi connectivity index (χ3v) is 4.85. The van der Waals surface area contributed by atoms with Crippen LogP contribution < -0.4 is 4.72 Å². The highest BCUT2D eigenvalue weighted by molar-refractivity contribution is 9.09. The summed E-state index contributed by atoms with van der Waals surface area (Å²) in [5.74, 6) is 0. The minimum absolute atomic E-state index is 0.143. The number of benzene rings is 1. The summed E-state index contributed by atoms with van der Waals surface area (Å²) >= 11 is 6.49. The Labute approximate surface area is 107 Å². The Bertz CT molecular complexity index is 390. The highest BCUT2D eigenvalue weighted by atomic mass is 79.9. The minimum Gasteiger partial charge on any atom is -0.207 e. The van der Waals surface area contributed by atoms with Gasteiger partial charge in [0.15, 0.2) is 0 Å². The average Bonchev–Trinajstić information content (AvgIpc) is 2.27. The fourth-order valence-electron chi connectivity index (χ4n) is 0.991. The highest BCUT2D eigenvalue weighted by Crippen LogP contribution is 2.09. The van der Waals surface area contributed by atoms with Crippen LogP contribution in [0.5, 0.6) is 0 Å². The second-order valence-electron chi connectivity index (χ2n) is 2.94. The largest absolute Gasteiger partial charge is 0.240 e. The molecule has 3 nitrogen and oxygen atoms in total. The van der Waals surface area contributed by atoms with Crippen molar-refractivity contribution in [1.82, 2.24) is 4.72 Å². The molecule has 0 heterocycles. The van der Waals surface area contributed by atoms with Crippen LogP contribution in [0.15, 0.2) is 35.2 Å². The summed E-state index contributed by atoms with van der Waals surface area (Å²) in [5, 5.41) is 1.15. The van der Waals surface area contributed by atoms with Crippen molar-refractivity contribution in [3.8, 4) is 0 Å². The van der Waals surface area contributed by atoms with Crippen LogP contribution in [0.25, 0.3) is 0 Å². The van der Waals surface area contributed by atoms with Gasteiger partial charge in [0, 0.05) is 16.7 Å². The van der Waals surface area contributed by atoms with Gasteiger partial charge in [0.25, 0.3) is 0 Å². The maximum atomic E-state index is 11.8. The van der Waals surface area contributed by atoms with Crippen LogP contribution in [0, 0.1) is 0 Å². The first-order valence-electron chi connectivity index (χ1n) is 4.29. The minimum atomic E-state index is -3.39. The van der Waals surface area contributed by atoms with Crippen LogP contribution in [-0.2, 0) is 10.0 Å². The Kier molecular flexibility index (Phi) is 5.25. The van der Waals surface area contributed by atoms with E-state index in [0.717, 1.165) is 0 Å². The maximum absolute atomic E-state index is 11.8. The van der Waals surface area contributed by atoms with E-state index in [1.807, 2.05) is 0 Å². The quantitative estimate of drug-likeness (QED) is 0.821. The van der Waals surface area contributed by atoms with E-state index < -0.39 is 10.0 Å². The van der Waals surface area contributed by atoms with Gasteiger partial charge in [-0.05, 0) is 12.1 Å². The molecular formula is C9H11Br2NO2S. The van der Waals surface area contributed by atoms with E-state index in [1.165, 1.54) is 0 Å². The molecule has 0 saturated carbocycles. The molecule has 1 aromatic rings. The number of hydrogen-bond acceptors (Lipinski definition) is 2. The van der Waals surface area contributed by atoms with Crippen molar-refractivity contribution in [2.75, 3.05) is 10.7 Å². The Morgan fingerprint density at radius 1 is 1.13 bits per heavy atom. The normalized spacial score (nSPS) is 11.9. The van der Waals surface area contributed by atoms with Crippen LogP contribution in [-0.4, -0.2) is 25.1 Å². The van der Waals surface area contributed by atoms with Crippen LogP contribution in [0.4, 0.5) is 0 Å². The molecule has 1 aromatic carbocycles. The molecule has 0 atom stereocenters. The lowest BCUT2D eigenvalue weighted by Gasteiger charge is -2.13. The van der Waals surface area contributed by atoms with Crippen molar-refractivity contribution in [3.63, 3.8) is 0 Å². The zero-order chi connectivity index (χ0) is 11.3. The van der Waals surface area contributed by atoms with Crippen LogP contribution in [0.1, 0.15) is 0 Å². The number of rotatable bonds is 5. The fourth-order valence-corrected chi connectivity index (χ4v) is 4.07. The molecule has 0 unspecified atom stereocenters. The molecule has 84 valence electrons. The van der Waals surface area contributed by atoms with E-state index in [4.69, 9.17) is 0 Å². The van der Waals surface area contributed by atoms with E-state index in [-0.39, 0.29) is 10.9 Å². The van der Waals surface area contributed by atoms with Crippen molar-refractivity contribution in [2.45, 2.75) is 10.9 Å². The van der Waals surface area contributed by atoms with Crippen LogP contribution in [0.3, 0.4) is 0 Å². The Balaban J connectivity index is 2.85. The molecular weight excluding hydrogens is 346 g/mol. The molecule has 0 saturated heterocycles. The molecule has 0 spiro atoms. The molecule has 0 aromatic heterocycles. The van der Waals surface area contributed by atoms with Crippen molar-refractivity contribution in [3.05, 3.63) is 30.3 Å². The SMILES string of the molecule is O=S(=O)(NC(CBr)CBr)c1ccccc1. The summed E-state index contributed by atoms with van der Waals surface area (Å²) in [6, 6.07) is 8.18. The molecule has 1 N–H and O–H groups in total. The Morgan fingerprint density at radius 2 is 1.67 bits per heavy atom. The van der Waals surface area contributed by atoms with Gasteiger partial charge in [-0.2, -0.15) is 0 Å². The molecule has 1 rings (SSSR count). The summed E-state index contributed by atoms with van der Waals surface area (Å²) < 4.78 is 26.2. The van der Waals surface area contributed by atoms with E-state index in [9.17, 15) is 8.42 Å². The summed E-state index contributed by atoms with van der Waals surface area (Å²) in [7, 11) is -3.39. The summed E-state index contributed by atoms with van der Waals surface area (Å²) in [6.07, 6.45) is 0. The first-order chi connectivity index (χ1) is 7.10. The third-order valence-electron chi connectivity index (χ3n) is 1.75. The predicted molar refractivity (Wildman–Crippen MR) is 68.1 cm³/mol. The molecule has 0 fully saturated rings. The second-order valence-corrected chi connectivity index (χ2v) is 5.95. The predicted octanol–water partition coefficient (Wildman–Crippen LogP) is 2.12. The lowest BCUT2D eigenvalue weighted by Crippen LogP contribution is -2.37. The van der Waals surface area contributed by atoms with Gasteiger partial charge < -0.3 is 0 Å². The number of hydrogen-bond donors (Lipinski definition) is 1. The fraction of sp³-hybridized carbons (Fsp3) is 0.333. The molecule has 15 heavy (non-hydrogen) atoms. The molecule has 0 radical (unpaired) electrons. The summed E-state index contributed by atoms with van der Waals surface area (Å²) in [6.45, 7) is 0. The number of nitrogens with one attached hydrogen (secondary N) is 1. The van der Waals surface area contributed by atoms with Gasteiger partial charge in [0.05, 0.1) is 4.90 Å². The van der Waals surface area contributed by atoms with Gasteiger partial charge >= 0.3 is 0 Å². The van der Waals surface area contributed by atoms with Gasteiger partial charge in [0.1, 0.15) is 0 Å². The van der Waals surface area contributed by atoms with E-state index in [1.54, 1.807) is 30.3 Å². The lowest BCUT2D eigenvalue weighted by atomic mass is 10.4. The number of sulfonamides is 1.